The summed E-state index contributed by atoms with van der Waals surface area (Å²) in [7, 11) is 0. The van der Waals surface area contributed by atoms with E-state index in [-0.39, 0.29) is 0 Å². The Morgan fingerprint density at radius 1 is 0.941 bits per heavy atom. The van der Waals surface area contributed by atoms with Crippen molar-refractivity contribution in [2.24, 2.45) is 41.4 Å². The van der Waals surface area contributed by atoms with Gasteiger partial charge in [0.2, 0.25) is 0 Å². The zero-order valence-electron chi connectivity index (χ0n) is 12.6. The van der Waals surface area contributed by atoms with E-state index in [9.17, 15) is 0 Å². The highest BCUT2D eigenvalue weighted by atomic mass is 14.5. The van der Waals surface area contributed by atoms with Gasteiger partial charge in [-0.15, -0.1) is 0 Å². The van der Waals surface area contributed by atoms with Crippen molar-refractivity contribution in [3.8, 4) is 0 Å². The number of hydrogen-bond acceptors (Lipinski definition) is 0. The summed E-state index contributed by atoms with van der Waals surface area (Å²) in [4.78, 5) is 0. The molecule has 0 saturated heterocycles. The van der Waals surface area contributed by atoms with E-state index in [1.54, 1.807) is 0 Å². The fraction of sp³-hybridized carbons (Fsp3) is 1.00. The van der Waals surface area contributed by atoms with Crippen LogP contribution in [0, 0.1) is 41.4 Å². The van der Waals surface area contributed by atoms with Crippen molar-refractivity contribution in [2.45, 2.75) is 66.7 Å². The Kier molecular flexibility index (Phi) is 4.21. The van der Waals surface area contributed by atoms with E-state index < -0.39 is 0 Å². The quantitative estimate of drug-likeness (QED) is 0.601. The van der Waals surface area contributed by atoms with Crippen LogP contribution in [-0.2, 0) is 0 Å². The van der Waals surface area contributed by atoms with E-state index >= 15 is 0 Å². The standard InChI is InChI=1S/C17H32/c1-6-14-9-12(4)17(14)13(5)10-15-8-11(3)16(15)7-2/h11-17H,6-10H2,1-5H3. The largest absolute Gasteiger partial charge is 0.0651 e. The molecule has 7 atom stereocenters. The molecule has 2 aliphatic rings. The maximum Gasteiger partial charge on any atom is -0.0334 e. The topological polar surface area (TPSA) is 0 Å². The van der Waals surface area contributed by atoms with E-state index in [1.165, 1.54) is 32.1 Å². The Bertz CT molecular complexity index is 244. The van der Waals surface area contributed by atoms with Gasteiger partial charge in [-0.3, -0.25) is 0 Å². The first-order chi connectivity index (χ1) is 8.08. The molecule has 0 aromatic carbocycles. The number of rotatable bonds is 5. The van der Waals surface area contributed by atoms with Crippen molar-refractivity contribution in [3.63, 3.8) is 0 Å². The third kappa shape index (κ3) is 2.42. The van der Waals surface area contributed by atoms with Crippen LogP contribution in [-0.4, -0.2) is 0 Å². The van der Waals surface area contributed by atoms with Crippen molar-refractivity contribution in [1.82, 2.24) is 0 Å². The molecule has 0 aliphatic heterocycles. The molecule has 2 saturated carbocycles. The van der Waals surface area contributed by atoms with E-state index in [0.29, 0.717) is 0 Å². The molecule has 0 radical (unpaired) electrons. The van der Waals surface area contributed by atoms with Crippen LogP contribution >= 0.6 is 0 Å². The Labute approximate surface area is 109 Å². The molecule has 0 heterocycles. The Morgan fingerprint density at radius 3 is 2.06 bits per heavy atom. The van der Waals surface area contributed by atoms with Gasteiger partial charge in [0.1, 0.15) is 0 Å². The predicted octanol–water partition coefficient (Wildman–Crippen LogP) is 5.38. The Balaban J connectivity index is 1.83. The summed E-state index contributed by atoms with van der Waals surface area (Å²) in [5.74, 6) is 7.22. The van der Waals surface area contributed by atoms with Gasteiger partial charge in [0.25, 0.3) is 0 Å². The van der Waals surface area contributed by atoms with E-state index in [1.807, 2.05) is 0 Å². The summed E-state index contributed by atoms with van der Waals surface area (Å²) in [6, 6.07) is 0. The van der Waals surface area contributed by atoms with Crippen LogP contribution in [0.2, 0.25) is 0 Å². The van der Waals surface area contributed by atoms with Crippen LogP contribution in [0.25, 0.3) is 0 Å². The zero-order valence-corrected chi connectivity index (χ0v) is 12.6. The van der Waals surface area contributed by atoms with Crippen LogP contribution in [0.4, 0.5) is 0 Å². The summed E-state index contributed by atoms with van der Waals surface area (Å²) < 4.78 is 0. The van der Waals surface area contributed by atoms with Gasteiger partial charge in [-0.1, -0.05) is 47.5 Å². The molecule has 17 heavy (non-hydrogen) atoms. The van der Waals surface area contributed by atoms with Gasteiger partial charge < -0.3 is 0 Å². The molecule has 0 N–H and O–H groups in total. The molecule has 2 aliphatic carbocycles. The van der Waals surface area contributed by atoms with Gasteiger partial charge >= 0.3 is 0 Å². The molecule has 0 bridgehead atoms. The van der Waals surface area contributed by atoms with Gasteiger partial charge in [-0.2, -0.15) is 0 Å². The smallest absolute Gasteiger partial charge is 0.0334 e. The minimum absolute atomic E-state index is 0.982. The van der Waals surface area contributed by atoms with Crippen LogP contribution in [0.1, 0.15) is 66.7 Å². The predicted molar refractivity (Wildman–Crippen MR) is 75.9 cm³/mol. The third-order valence-corrected chi connectivity index (χ3v) is 6.21. The molecule has 0 spiro atoms. The highest BCUT2D eigenvalue weighted by Crippen LogP contribution is 2.52. The van der Waals surface area contributed by atoms with Gasteiger partial charge in [0.05, 0.1) is 0 Å². The molecule has 2 rings (SSSR count). The Hall–Kier alpha value is 0. The zero-order chi connectivity index (χ0) is 12.6. The average molecular weight is 236 g/mol. The van der Waals surface area contributed by atoms with Gasteiger partial charge in [0, 0.05) is 0 Å². The fourth-order valence-electron chi connectivity index (χ4n) is 5.26. The van der Waals surface area contributed by atoms with Crippen molar-refractivity contribution in [2.75, 3.05) is 0 Å². The maximum atomic E-state index is 2.54. The molecule has 0 nitrogen and oxygen atoms in total. The highest BCUT2D eigenvalue weighted by Gasteiger charge is 2.43. The summed E-state index contributed by atoms with van der Waals surface area (Å²) in [5.41, 5.74) is 0. The van der Waals surface area contributed by atoms with Crippen molar-refractivity contribution >= 4 is 0 Å². The molecule has 0 amide bonds. The first-order valence-corrected chi connectivity index (χ1v) is 8.08. The lowest BCUT2D eigenvalue weighted by atomic mass is 9.55. The SMILES string of the molecule is CCC1CC(C)C1C(C)CC1CC(C)C1CC. The van der Waals surface area contributed by atoms with Gasteiger partial charge in [0.15, 0.2) is 0 Å². The number of hydrogen-bond donors (Lipinski definition) is 0. The Morgan fingerprint density at radius 2 is 1.59 bits per heavy atom. The second kappa shape index (κ2) is 5.33. The van der Waals surface area contributed by atoms with Gasteiger partial charge in [-0.25, -0.2) is 0 Å². The van der Waals surface area contributed by atoms with Crippen LogP contribution < -0.4 is 0 Å². The highest BCUT2D eigenvalue weighted by molar-refractivity contribution is 4.93. The fourth-order valence-corrected chi connectivity index (χ4v) is 5.26. The summed E-state index contributed by atoms with van der Waals surface area (Å²) in [6.07, 6.45) is 7.37. The van der Waals surface area contributed by atoms with Crippen molar-refractivity contribution < 1.29 is 0 Å². The van der Waals surface area contributed by atoms with Gasteiger partial charge in [-0.05, 0) is 60.7 Å². The molecular weight excluding hydrogens is 204 g/mol. The first kappa shape index (κ1) is 13.4. The molecule has 0 aromatic heterocycles. The molecule has 7 unspecified atom stereocenters. The van der Waals surface area contributed by atoms with E-state index in [4.69, 9.17) is 0 Å². The lowest BCUT2D eigenvalue weighted by Crippen LogP contribution is -2.42. The van der Waals surface area contributed by atoms with Crippen LogP contribution in [0.5, 0.6) is 0 Å². The minimum Gasteiger partial charge on any atom is -0.0651 e. The first-order valence-electron chi connectivity index (χ1n) is 8.08. The summed E-state index contributed by atoms with van der Waals surface area (Å²) in [6.45, 7) is 12.2. The molecular formula is C17H32. The van der Waals surface area contributed by atoms with Crippen molar-refractivity contribution in [3.05, 3.63) is 0 Å². The summed E-state index contributed by atoms with van der Waals surface area (Å²) in [5, 5.41) is 0. The lowest BCUT2D eigenvalue weighted by Gasteiger charge is -2.50. The van der Waals surface area contributed by atoms with Crippen molar-refractivity contribution in [1.29, 1.82) is 0 Å². The molecule has 0 heteroatoms. The second-order valence-corrected chi connectivity index (χ2v) is 7.22. The molecule has 2 fully saturated rings. The maximum absolute atomic E-state index is 2.54. The van der Waals surface area contributed by atoms with E-state index in [0.717, 1.165) is 41.4 Å². The minimum atomic E-state index is 0.982. The second-order valence-electron chi connectivity index (χ2n) is 7.22. The van der Waals surface area contributed by atoms with Crippen LogP contribution in [0.3, 0.4) is 0 Å². The lowest BCUT2D eigenvalue weighted by molar-refractivity contribution is -0.00776. The average Bonchev–Trinajstić information content (AvgIpc) is 2.25. The monoisotopic (exact) mass is 236 g/mol. The summed E-state index contributed by atoms with van der Waals surface area (Å²) >= 11 is 0. The van der Waals surface area contributed by atoms with Crippen LogP contribution in [0.15, 0.2) is 0 Å². The van der Waals surface area contributed by atoms with E-state index in [2.05, 4.69) is 34.6 Å². The molecule has 0 aromatic rings. The third-order valence-electron chi connectivity index (χ3n) is 6.21. The molecule has 100 valence electrons. The normalized spacial score (nSPS) is 47.1.